The fraction of sp³-hybridized carbons (Fsp3) is 0.562. The molecule has 0 spiro atoms. The predicted molar refractivity (Wildman–Crippen MR) is 89.5 cm³/mol. The molecule has 1 unspecified atom stereocenters. The van der Waals surface area contributed by atoms with Crippen LogP contribution in [0.2, 0.25) is 5.02 Å². The van der Waals surface area contributed by atoms with E-state index in [1.807, 2.05) is 23.1 Å². The molecule has 1 fully saturated rings. The third-order valence-electron chi connectivity index (χ3n) is 4.14. The number of piperazine rings is 1. The highest BCUT2D eigenvalue weighted by Gasteiger charge is 2.23. The van der Waals surface area contributed by atoms with Crippen LogP contribution in [0.1, 0.15) is 12.0 Å². The van der Waals surface area contributed by atoms with Crippen molar-refractivity contribution in [2.24, 2.45) is 5.73 Å². The first-order chi connectivity index (χ1) is 10.5. The number of nitrogens with two attached hydrogens (primary N) is 1. The minimum absolute atomic E-state index is 0.111. The number of carbonyl (C=O) groups excluding carboxylic acids is 1. The van der Waals surface area contributed by atoms with Gasteiger partial charge in [0.2, 0.25) is 5.91 Å². The smallest absolute Gasteiger partial charge is 0.225 e. The molecule has 1 amide bonds. The number of hydrogen-bond acceptors (Lipinski definition) is 4. The van der Waals surface area contributed by atoms with Crippen molar-refractivity contribution in [3.05, 3.63) is 28.8 Å². The second kappa shape index (κ2) is 7.81. The molecule has 1 aromatic rings. The summed E-state index contributed by atoms with van der Waals surface area (Å²) < 4.78 is 5.18. The number of benzene rings is 1. The molecule has 122 valence electrons. The summed E-state index contributed by atoms with van der Waals surface area (Å²) >= 11 is 6.09. The van der Waals surface area contributed by atoms with Crippen molar-refractivity contribution < 1.29 is 9.53 Å². The molecule has 0 aromatic heterocycles. The summed E-state index contributed by atoms with van der Waals surface area (Å²) in [6.07, 6.45) is 0.157. The zero-order chi connectivity index (χ0) is 16.1. The fourth-order valence-corrected chi connectivity index (χ4v) is 2.87. The van der Waals surface area contributed by atoms with Crippen LogP contribution < -0.4 is 10.6 Å². The number of methoxy groups -OCH3 is 1. The highest BCUT2D eigenvalue weighted by atomic mass is 35.5. The van der Waals surface area contributed by atoms with Gasteiger partial charge in [-0.1, -0.05) is 17.7 Å². The van der Waals surface area contributed by atoms with Crippen molar-refractivity contribution in [3.63, 3.8) is 0 Å². The first-order valence-corrected chi connectivity index (χ1v) is 7.94. The molecule has 5 nitrogen and oxygen atoms in total. The van der Waals surface area contributed by atoms with Gasteiger partial charge in [-0.3, -0.25) is 4.79 Å². The van der Waals surface area contributed by atoms with Gasteiger partial charge in [0, 0.05) is 50.5 Å². The lowest BCUT2D eigenvalue weighted by Crippen LogP contribution is -2.49. The lowest BCUT2D eigenvalue weighted by molar-refractivity contribution is -0.133. The predicted octanol–water partition coefficient (Wildman–Crippen LogP) is 1.66. The van der Waals surface area contributed by atoms with Gasteiger partial charge in [-0.15, -0.1) is 0 Å². The van der Waals surface area contributed by atoms with Crippen LogP contribution in [0.4, 0.5) is 5.69 Å². The van der Waals surface area contributed by atoms with Crippen LogP contribution in [-0.2, 0) is 9.53 Å². The van der Waals surface area contributed by atoms with E-state index in [4.69, 9.17) is 22.1 Å². The lowest BCUT2D eigenvalue weighted by Gasteiger charge is -2.37. The van der Waals surface area contributed by atoms with E-state index in [0.29, 0.717) is 26.1 Å². The molecule has 1 atom stereocenters. The third kappa shape index (κ3) is 4.12. The largest absolute Gasteiger partial charge is 0.380 e. The number of halogens is 1. The third-order valence-corrected chi connectivity index (χ3v) is 4.38. The number of amides is 1. The van der Waals surface area contributed by atoms with E-state index in [-0.39, 0.29) is 12.0 Å². The number of carbonyl (C=O) groups is 1. The highest BCUT2D eigenvalue weighted by Crippen LogP contribution is 2.25. The number of aryl methyl sites for hydroxylation is 1. The maximum absolute atomic E-state index is 12.2. The van der Waals surface area contributed by atoms with Crippen LogP contribution >= 0.6 is 11.6 Å². The van der Waals surface area contributed by atoms with Crippen LogP contribution in [0, 0.1) is 6.92 Å². The minimum atomic E-state index is -0.194. The quantitative estimate of drug-likeness (QED) is 0.894. The zero-order valence-electron chi connectivity index (χ0n) is 13.2. The summed E-state index contributed by atoms with van der Waals surface area (Å²) in [4.78, 5) is 16.4. The van der Waals surface area contributed by atoms with E-state index < -0.39 is 0 Å². The molecule has 0 radical (unpaired) electrons. The van der Waals surface area contributed by atoms with Gasteiger partial charge in [0.1, 0.15) is 0 Å². The molecule has 1 saturated heterocycles. The Hall–Kier alpha value is -1.30. The molecule has 1 aliphatic rings. The second-order valence-electron chi connectivity index (χ2n) is 5.60. The maximum atomic E-state index is 12.2. The summed E-state index contributed by atoms with van der Waals surface area (Å²) in [6.45, 7) is 5.50. The highest BCUT2D eigenvalue weighted by molar-refractivity contribution is 6.30. The van der Waals surface area contributed by atoms with Gasteiger partial charge in [-0.25, -0.2) is 0 Å². The van der Waals surface area contributed by atoms with Gasteiger partial charge >= 0.3 is 0 Å². The van der Waals surface area contributed by atoms with Crippen molar-refractivity contribution in [2.75, 3.05) is 44.7 Å². The van der Waals surface area contributed by atoms with Crippen LogP contribution in [0.3, 0.4) is 0 Å². The van der Waals surface area contributed by atoms with E-state index in [1.165, 1.54) is 5.56 Å². The molecule has 1 aliphatic heterocycles. The summed E-state index contributed by atoms with van der Waals surface area (Å²) in [5, 5.41) is 0.741. The van der Waals surface area contributed by atoms with Gasteiger partial charge in [-0.05, 0) is 24.6 Å². The molecule has 2 N–H and O–H groups in total. The van der Waals surface area contributed by atoms with Gasteiger partial charge in [0.05, 0.1) is 12.5 Å². The van der Waals surface area contributed by atoms with E-state index in [1.54, 1.807) is 7.11 Å². The average molecular weight is 326 g/mol. The molecule has 1 aromatic carbocycles. The van der Waals surface area contributed by atoms with E-state index in [0.717, 1.165) is 23.8 Å². The maximum Gasteiger partial charge on any atom is 0.225 e. The molecule has 2 rings (SSSR count). The normalized spacial score (nSPS) is 16.7. The van der Waals surface area contributed by atoms with Crippen molar-refractivity contribution >= 4 is 23.2 Å². The van der Waals surface area contributed by atoms with Crippen LogP contribution in [-0.4, -0.2) is 56.7 Å². The Bertz CT molecular complexity index is 512. The molecule has 0 bridgehead atoms. The topological polar surface area (TPSA) is 58.8 Å². The molecule has 22 heavy (non-hydrogen) atoms. The van der Waals surface area contributed by atoms with Crippen molar-refractivity contribution in [2.45, 2.75) is 19.4 Å². The van der Waals surface area contributed by atoms with Crippen LogP contribution in [0.15, 0.2) is 18.2 Å². The van der Waals surface area contributed by atoms with E-state index >= 15 is 0 Å². The van der Waals surface area contributed by atoms with Gasteiger partial charge in [-0.2, -0.15) is 0 Å². The molecular weight excluding hydrogens is 302 g/mol. The Labute approximate surface area is 137 Å². The monoisotopic (exact) mass is 325 g/mol. The molecule has 1 heterocycles. The van der Waals surface area contributed by atoms with Crippen LogP contribution in [0.5, 0.6) is 0 Å². The fourth-order valence-electron chi connectivity index (χ4n) is 2.71. The number of hydrogen-bond donors (Lipinski definition) is 1. The summed E-state index contributed by atoms with van der Waals surface area (Å²) in [5.74, 6) is 0.111. The molecular formula is C16H24ClN3O2. The Morgan fingerprint density at radius 1 is 1.36 bits per heavy atom. The first kappa shape index (κ1) is 17.1. The zero-order valence-corrected chi connectivity index (χ0v) is 14.0. The van der Waals surface area contributed by atoms with Crippen molar-refractivity contribution in [3.8, 4) is 0 Å². The number of nitrogens with zero attached hydrogens (tertiary/aromatic N) is 2. The Balaban J connectivity index is 1.92. The number of anilines is 1. The molecule has 0 aliphatic carbocycles. The van der Waals surface area contributed by atoms with Gasteiger partial charge < -0.3 is 20.3 Å². The van der Waals surface area contributed by atoms with E-state index in [2.05, 4.69) is 11.8 Å². The standard InChI is InChI=1S/C16H24ClN3O2/c1-12-3-4-13(17)9-15(12)19-5-7-20(8-6-19)16(21)10-14(11-18)22-2/h3-4,9,14H,5-8,10-11,18H2,1-2H3. The van der Waals surface area contributed by atoms with Crippen LogP contribution in [0.25, 0.3) is 0 Å². The minimum Gasteiger partial charge on any atom is -0.380 e. The van der Waals surface area contributed by atoms with Gasteiger partial charge in [0.15, 0.2) is 0 Å². The summed E-state index contributed by atoms with van der Waals surface area (Å²) in [5.41, 5.74) is 7.92. The number of ether oxygens (including phenoxy) is 1. The summed E-state index contributed by atoms with van der Waals surface area (Å²) in [6, 6.07) is 5.92. The Morgan fingerprint density at radius 3 is 2.64 bits per heavy atom. The van der Waals surface area contributed by atoms with Gasteiger partial charge in [0.25, 0.3) is 0 Å². The average Bonchev–Trinajstić information content (AvgIpc) is 2.54. The lowest BCUT2D eigenvalue weighted by atomic mass is 10.1. The Morgan fingerprint density at radius 2 is 2.05 bits per heavy atom. The number of rotatable bonds is 5. The summed E-state index contributed by atoms with van der Waals surface area (Å²) in [7, 11) is 1.59. The first-order valence-electron chi connectivity index (χ1n) is 7.57. The molecule has 6 heteroatoms. The molecule has 0 saturated carbocycles. The SMILES string of the molecule is COC(CN)CC(=O)N1CCN(c2cc(Cl)ccc2C)CC1. The van der Waals surface area contributed by atoms with Crippen molar-refractivity contribution in [1.82, 2.24) is 4.90 Å². The second-order valence-corrected chi connectivity index (χ2v) is 6.03. The van der Waals surface area contributed by atoms with E-state index in [9.17, 15) is 4.79 Å². The Kier molecular flexibility index (Phi) is 6.06. The van der Waals surface area contributed by atoms with Crippen molar-refractivity contribution in [1.29, 1.82) is 0 Å².